The van der Waals surface area contributed by atoms with Gasteiger partial charge in [-0.3, -0.25) is 13.8 Å². The van der Waals surface area contributed by atoms with E-state index in [1.165, 1.54) is 225 Å². The summed E-state index contributed by atoms with van der Waals surface area (Å²) in [6.45, 7) is 4.72. The summed E-state index contributed by atoms with van der Waals surface area (Å²) in [5.41, 5.74) is 0. The van der Waals surface area contributed by atoms with Crippen LogP contribution in [0.5, 0.6) is 0 Å². The van der Waals surface area contributed by atoms with E-state index in [9.17, 15) is 19.4 Å². The number of aliphatic hydroxyl groups excluding tert-OH is 1. The SMILES string of the molecule is CC/C=C\C/C=C\C/C=C\C/C=C\CCCCCCCCCCCCCCCCC(=O)NC(COP(=O)(O)OCC[N+](C)(C)C)C(O)/C=C/CC/C=C/CCCCCCCCCCCCCCCCCCCCCCCCC. The summed E-state index contributed by atoms with van der Waals surface area (Å²) in [4.78, 5) is 23.4. The van der Waals surface area contributed by atoms with Crippen LogP contribution in [0.15, 0.2) is 72.9 Å². The maximum absolute atomic E-state index is 13.0. The van der Waals surface area contributed by atoms with Crippen LogP contribution in [-0.2, 0) is 18.4 Å². The van der Waals surface area contributed by atoms with Gasteiger partial charge in [-0.2, -0.15) is 0 Å². The summed E-state index contributed by atoms with van der Waals surface area (Å²) in [6.07, 6.45) is 83.3. The third-order valence-electron chi connectivity index (χ3n) is 14.9. The third-order valence-corrected chi connectivity index (χ3v) is 15.9. The number of amides is 1. The molecule has 0 radical (unpaired) electrons. The minimum absolute atomic E-state index is 0.0545. The average molecular weight is 1110 g/mol. The van der Waals surface area contributed by atoms with Gasteiger partial charge in [0.15, 0.2) is 0 Å². The van der Waals surface area contributed by atoms with Crippen molar-refractivity contribution >= 4 is 13.7 Å². The molecule has 0 saturated carbocycles. The van der Waals surface area contributed by atoms with Crippen molar-refractivity contribution in [1.29, 1.82) is 0 Å². The van der Waals surface area contributed by atoms with Gasteiger partial charge >= 0.3 is 7.82 Å². The van der Waals surface area contributed by atoms with Gasteiger partial charge in [0, 0.05) is 6.42 Å². The van der Waals surface area contributed by atoms with Crippen LogP contribution in [0.25, 0.3) is 0 Å². The van der Waals surface area contributed by atoms with E-state index in [-0.39, 0.29) is 19.1 Å². The molecule has 3 atom stereocenters. The fraction of sp³-hybridized carbons (Fsp3) is 0.812. The molecule has 0 aromatic rings. The zero-order valence-electron chi connectivity index (χ0n) is 52.2. The lowest BCUT2D eigenvalue weighted by molar-refractivity contribution is -0.870. The highest BCUT2D eigenvalue weighted by molar-refractivity contribution is 7.47. The Bertz CT molecular complexity index is 1500. The Kier molecular flexibility index (Phi) is 58.0. The molecule has 0 aliphatic heterocycles. The van der Waals surface area contributed by atoms with E-state index in [2.05, 4.69) is 79.9 Å². The second-order valence-electron chi connectivity index (χ2n) is 23.8. The molecule has 0 aromatic heterocycles. The topological polar surface area (TPSA) is 105 Å². The van der Waals surface area contributed by atoms with Crippen LogP contribution in [0.3, 0.4) is 0 Å². The van der Waals surface area contributed by atoms with Crippen LogP contribution in [0.4, 0.5) is 0 Å². The largest absolute Gasteiger partial charge is 0.472 e. The van der Waals surface area contributed by atoms with E-state index in [4.69, 9.17) is 9.05 Å². The average Bonchev–Trinajstić information content (AvgIpc) is 3.41. The summed E-state index contributed by atoms with van der Waals surface area (Å²) < 4.78 is 23.8. The van der Waals surface area contributed by atoms with Gasteiger partial charge in [0.1, 0.15) is 13.2 Å². The zero-order chi connectivity index (χ0) is 57.0. The van der Waals surface area contributed by atoms with Crippen molar-refractivity contribution in [1.82, 2.24) is 5.32 Å². The maximum atomic E-state index is 13.0. The molecule has 0 aliphatic rings. The summed E-state index contributed by atoms with van der Waals surface area (Å²) in [7, 11) is 1.56. The minimum atomic E-state index is -4.36. The number of hydrogen-bond donors (Lipinski definition) is 3. The van der Waals surface area contributed by atoms with Gasteiger partial charge in [-0.15, -0.1) is 0 Å². The first-order valence-electron chi connectivity index (χ1n) is 33.3. The molecule has 0 aliphatic carbocycles. The van der Waals surface area contributed by atoms with E-state index in [1.807, 2.05) is 27.2 Å². The second-order valence-corrected chi connectivity index (χ2v) is 25.3. The van der Waals surface area contributed by atoms with Gasteiger partial charge in [-0.05, 0) is 70.6 Å². The molecular weight excluding hydrogens is 984 g/mol. The first-order valence-corrected chi connectivity index (χ1v) is 34.8. The van der Waals surface area contributed by atoms with E-state index in [1.54, 1.807) is 6.08 Å². The molecule has 8 nitrogen and oxygen atoms in total. The number of likely N-dealkylation sites (N-methyl/N-ethyl adjacent to an activating group) is 1. The van der Waals surface area contributed by atoms with E-state index >= 15 is 0 Å². The molecule has 0 bridgehead atoms. The van der Waals surface area contributed by atoms with Crippen LogP contribution in [0.1, 0.15) is 309 Å². The van der Waals surface area contributed by atoms with Gasteiger partial charge in [0.2, 0.25) is 5.91 Å². The number of carbonyl (C=O) groups excluding carboxylic acids is 1. The highest BCUT2D eigenvalue weighted by Crippen LogP contribution is 2.43. The van der Waals surface area contributed by atoms with E-state index < -0.39 is 20.0 Å². The molecule has 0 saturated heterocycles. The number of nitrogens with one attached hydrogen (secondary N) is 1. The molecule has 0 rings (SSSR count). The number of nitrogens with zero attached hydrogens (tertiary/aromatic N) is 1. The van der Waals surface area contributed by atoms with Crippen LogP contribution in [0, 0.1) is 0 Å². The van der Waals surface area contributed by atoms with Gasteiger partial charge in [0.05, 0.1) is 39.9 Å². The molecule has 3 unspecified atom stereocenters. The predicted octanol–water partition coefficient (Wildman–Crippen LogP) is 21.0. The second kappa shape index (κ2) is 59.6. The monoisotopic (exact) mass is 1110 g/mol. The number of aliphatic hydroxyl groups is 1. The number of hydrogen-bond acceptors (Lipinski definition) is 5. The van der Waals surface area contributed by atoms with Crippen molar-refractivity contribution in [2.75, 3.05) is 40.9 Å². The standard InChI is InChI=1S/C69H129N2O6P/c1-6-8-10-12-14-16-18-20-22-24-26-28-30-32-34-35-37-38-40-42-44-46-48-50-52-54-56-58-60-62-68(72)67(66-77-78(74,75)76-65-64-71(3,4)5)70-69(73)63-61-59-57-55-53-51-49-47-45-43-41-39-36-33-31-29-27-25-23-21-19-17-15-13-11-9-7-2/h9,11,15,17,21,23,27,29,52,54,60,62,67-68,72H,6-8,10,12-14,16,18-20,22,24-26,28,30-51,53,55-59,61,63-66H2,1-5H3,(H-,70,73,74,75)/p+1/b11-9-,17-15-,23-21-,29-27-,54-52+,62-60+. The first kappa shape index (κ1) is 75.9. The van der Waals surface area contributed by atoms with Crippen molar-refractivity contribution in [3.05, 3.63) is 72.9 Å². The smallest absolute Gasteiger partial charge is 0.387 e. The lowest BCUT2D eigenvalue weighted by Gasteiger charge is -2.25. The summed E-state index contributed by atoms with van der Waals surface area (Å²) >= 11 is 0. The quantitative estimate of drug-likeness (QED) is 0.0243. The molecule has 3 N–H and O–H groups in total. The molecule has 456 valence electrons. The van der Waals surface area contributed by atoms with Crippen molar-refractivity contribution < 1.29 is 32.9 Å². The van der Waals surface area contributed by atoms with Crippen LogP contribution < -0.4 is 5.32 Å². The fourth-order valence-corrected chi connectivity index (χ4v) is 10.5. The molecule has 1 amide bonds. The van der Waals surface area contributed by atoms with Crippen molar-refractivity contribution in [2.45, 2.75) is 321 Å². The molecule has 0 spiro atoms. The molecule has 0 aromatic carbocycles. The summed E-state index contributed by atoms with van der Waals surface area (Å²) in [5, 5.41) is 14.0. The molecule has 78 heavy (non-hydrogen) atoms. The lowest BCUT2D eigenvalue weighted by Crippen LogP contribution is -2.45. The fourth-order valence-electron chi connectivity index (χ4n) is 9.76. The van der Waals surface area contributed by atoms with Crippen LogP contribution in [-0.4, -0.2) is 73.4 Å². The van der Waals surface area contributed by atoms with Gasteiger partial charge in [-0.25, -0.2) is 4.57 Å². The number of quaternary nitrogens is 1. The zero-order valence-corrected chi connectivity index (χ0v) is 53.0. The van der Waals surface area contributed by atoms with Crippen molar-refractivity contribution in [2.24, 2.45) is 0 Å². The lowest BCUT2D eigenvalue weighted by atomic mass is 10.0. The van der Waals surface area contributed by atoms with Crippen LogP contribution in [0.2, 0.25) is 0 Å². The Morgan fingerprint density at radius 1 is 0.449 bits per heavy atom. The molecular formula is C69H130N2O6P+. The Balaban J connectivity index is 4.14. The Hall–Kier alpha value is -2.06. The van der Waals surface area contributed by atoms with Gasteiger partial charge < -0.3 is 19.8 Å². The molecule has 9 heteroatoms. The maximum Gasteiger partial charge on any atom is 0.472 e. The molecule has 0 heterocycles. The number of allylic oxidation sites excluding steroid dienone is 11. The number of rotatable bonds is 61. The minimum Gasteiger partial charge on any atom is -0.387 e. The Labute approximate surface area is 484 Å². The first-order chi connectivity index (χ1) is 38.0. The van der Waals surface area contributed by atoms with Crippen molar-refractivity contribution in [3.8, 4) is 0 Å². The summed E-state index contributed by atoms with van der Waals surface area (Å²) in [5.74, 6) is -0.186. The highest BCUT2D eigenvalue weighted by atomic mass is 31.2. The molecule has 0 fully saturated rings. The van der Waals surface area contributed by atoms with Crippen molar-refractivity contribution in [3.63, 3.8) is 0 Å². The normalized spacial score (nSPS) is 14.2. The van der Waals surface area contributed by atoms with Gasteiger partial charge in [-0.1, -0.05) is 305 Å². The highest BCUT2D eigenvalue weighted by Gasteiger charge is 2.28. The Morgan fingerprint density at radius 3 is 1.18 bits per heavy atom. The number of phosphoric acid groups is 1. The Morgan fingerprint density at radius 2 is 0.782 bits per heavy atom. The van der Waals surface area contributed by atoms with Gasteiger partial charge in [0.25, 0.3) is 0 Å². The van der Waals surface area contributed by atoms with Crippen LogP contribution >= 0.6 is 7.82 Å². The van der Waals surface area contributed by atoms with E-state index in [0.29, 0.717) is 17.4 Å². The predicted molar refractivity (Wildman–Crippen MR) is 341 cm³/mol. The summed E-state index contributed by atoms with van der Waals surface area (Å²) in [6, 6.07) is -0.868. The third kappa shape index (κ3) is 61.6. The number of unbranched alkanes of at least 4 members (excludes halogenated alkanes) is 38. The number of carbonyl (C=O) groups is 1. The van der Waals surface area contributed by atoms with E-state index in [0.717, 1.165) is 64.2 Å². The number of phosphoric ester groups is 1.